The van der Waals surface area contributed by atoms with E-state index in [9.17, 15) is 9.59 Å². The number of pyridine rings is 1. The quantitative estimate of drug-likeness (QED) is 0.564. The van der Waals surface area contributed by atoms with Gasteiger partial charge >= 0.3 is 0 Å². The second-order valence-corrected chi connectivity index (χ2v) is 7.16. The normalized spacial score (nSPS) is 10.9. The molecule has 7 heteroatoms. The average molecular weight is 376 g/mol. The molecule has 2 aromatic carbocycles. The van der Waals surface area contributed by atoms with Gasteiger partial charge in [0.2, 0.25) is 11.8 Å². The Morgan fingerprint density at radius 3 is 2.85 bits per heavy atom. The molecule has 0 saturated carbocycles. The maximum atomic E-state index is 12.5. The molecule has 2 amide bonds. The zero-order valence-electron chi connectivity index (χ0n) is 14.5. The summed E-state index contributed by atoms with van der Waals surface area (Å²) in [4.78, 5) is 32.1. The van der Waals surface area contributed by atoms with Gasteiger partial charge in [-0.25, -0.2) is 4.98 Å². The lowest BCUT2D eigenvalue weighted by atomic mass is 10.1. The van der Waals surface area contributed by atoms with Gasteiger partial charge in [-0.05, 0) is 29.8 Å². The third-order valence-corrected chi connectivity index (χ3v) is 4.99. The van der Waals surface area contributed by atoms with Crippen LogP contribution >= 0.6 is 11.3 Å². The summed E-state index contributed by atoms with van der Waals surface area (Å²) in [5.74, 6) is -0.246. The van der Waals surface area contributed by atoms with Crippen LogP contribution in [0, 0.1) is 0 Å². The van der Waals surface area contributed by atoms with Gasteiger partial charge in [0.1, 0.15) is 0 Å². The van der Waals surface area contributed by atoms with Crippen LogP contribution in [0.5, 0.6) is 0 Å². The van der Waals surface area contributed by atoms with Gasteiger partial charge in [-0.3, -0.25) is 14.6 Å². The van der Waals surface area contributed by atoms with E-state index in [0.717, 1.165) is 32.2 Å². The molecule has 0 fully saturated rings. The summed E-state index contributed by atoms with van der Waals surface area (Å²) in [7, 11) is 0. The van der Waals surface area contributed by atoms with Crippen molar-refractivity contribution < 1.29 is 9.59 Å². The van der Waals surface area contributed by atoms with E-state index in [1.54, 1.807) is 12.4 Å². The number of nitrogens with one attached hydrogen (secondary N) is 2. The van der Waals surface area contributed by atoms with E-state index in [1.165, 1.54) is 18.3 Å². The van der Waals surface area contributed by atoms with Crippen molar-refractivity contribution in [3.63, 3.8) is 0 Å². The lowest BCUT2D eigenvalue weighted by Crippen LogP contribution is -2.14. The van der Waals surface area contributed by atoms with Crippen molar-refractivity contribution in [3.8, 4) is 0 Å². The van der Waals surface area contributed by atoms with Crippen LogP contribution in [-0.2, 0) is 16.0 Å². The Balaban J connectivity index is 1.52. The molecule has 0 spiro atoms. The van der Waals surface area contributed by atoms with Crippen molar-refractivity contribution in [2.45, 2.75) is 13.3 Å². The molecule has 0 aliphatic carbocycles. The van der Waals surface area contributed by atoms with Gasteiger partial charge in [-0.1, -0.05) is 29.5 Å². The largest absolute Gasteiger partial charge is 0.325 e. The summed E-state index contributed by atoms with van der Waals surface area (Å²) in [6.07, 6.45) is 3.74. The molecule has 2 aromatic heterocycles. The Morgan fingerprint density at radius 2 is 2.00 bits per heavy atom. The lowest BCUT2D eigenvalue weighted by Gasteiger charge is -2.08. The minimum Gasteiger partial charge on any atom is -0.325 e. The Morgan fingerprint density at radius 1 is 1.11 bits per heavy atom. The SMILES string of the molecule is CC(=O)Nc1nc2ccc(CC(=O)Nc3cccc4cnccc34)cc2s1. The Labute approximate surface area is 159 Å². The van der Waals surface area contributed by atoms with E-state index in [-0.39, 0.29) is 18.2 Å². The van der Waals surface area contributed by atoms with Crippen LogP contribution in [-0.4, -0.2) is 21.8 Å². The molecule has 27 heavy (non-hydrogen) atoms. The maximum absolute atomic E-state index is 12.5. The van der Waals surface area contributed by atoms with Crippen LogP contribution in [0.15, 0.2) is 54.9 Å². The molecule has 2 heterocycles. The Bertz CT molecular complexity index is 1160. The molecule has 0 aliphatic rings. The molecular weight excluding hydrogens is 360 g/mol. The first-order valence-electron chi connectivity index (χ1n) is 8.38. The molecule has 0 bridgehead atoms. The van der Waals surface area contributed by atoms with E-state index in [4.69, 9.17) is 0 Å². The van der Waals surface area contributed by atoms with Crippen LogP contribution in [0.2, 0.25) is 0 Å². The third kappa shape index (κ3) is 3.78. The standard InChI is InChI=1S/C20H16N4O2S/c1-12(25)22-20-24-17-6-5-13(9-18(17)27-20)10-19(26)23-16-4-2-3-14-11-21-8-7-15(14)16/h2-9,11H,10H2,1H3,(H,23,26)(H,22,24,25). The van der Waals surface area contributed by atoms with E-state index in [1.807, 2.05) is 42.5 Å². The van der Waals surface area contributed by atoms with Gasteiger partial charge in [0, 0.05) is 35.8 Å². The third-order valence-electron chi connectivity index (χ3n) is 4.06. The average Bonchev–Trinajstić information content (AvgIpc) is 3.02. The predicted octanol–water partition coefficient (Wildman–Crippen LogP) is 3.98. The molecule has 4 rings (SSSR count). The first kappa shape index (κ1) is 17.1. The van der Waals surface area contributed by atoms with Gasteiger partial charge in [0.05, 0.1) is 16.6 Å². The van der Waals surface area contributed by atoms with E-state index in [0.29, 0.717) is 5.13 Å². The van der Waals surface area contributed by atoms with Crippen LogP contribution in [0.1, 0.15) is 12.5 Å². The van der Waals surface area contributed by atoms with Crippen molar-refractivity contribution in [1.29, 1.82) is 0 Å². The highest BCUT2D eigenvalue weighted by atomic mass is 32.1. The number of anilines is 2. The summed E-state index contributed by atoms with van der Waals surface area (Å²) in [5.41, 5.74) is 2.46. The zero-order valence-corrected chi connectivity index (χ0v) is 15.3. The van der Waals surface area contributed by atoms with Gasteiger partial charge in [-0.15, -0.1) is 0 Å². The topological polar surface area (TPSA) is 84.0 Å². The smallest absolute Gasteiger partial charge is 0.228 e. The van der Waals surface area contributed by atoms with Gasteiger partial charge in [0.25, 0.3) is 0 Å². The van der Waals surface area contributed by atoms with Crippen molar-refractivity contribution in [3.05, 3.63) is 60.4 Å². The molecular formula is C20H16N4O2S. The first-order valence-corrected chi connectivity index (χ1v) is 9.20. The van der Waals surface area contributed by atoms with Crippen LogP contribution < -0.4 is 10.6 Å². The second kappa shape index (κ2) is 7.13. The molecule has 0 unspecified atom stereocenters. The number of benzene rings is 2. The van der Waals surface area contributed by atoms with Gasteiger partial charge < -0.3 is 10.6 Å². The van der Waals surface area contributed by atoms with Gasteiger partial charge in [0.15, 0.2) is 5.13 Å². The summed E-state index contributed by atoms with van der Waals surface area (Å²) < 4.78 is 0.931. The molecule has 2 N–H and O–H groups in total. The fourth-order valence-corrected chi connectivity index (χ4v) is 3.87. The maximum Gasteiger partial charge on any atom is 0.228 e. The highest BCUT2D eigenvalue weighted by Crippen LogP contribution is 2.27. The summed E-state index contributed by atoms with van der Waals surface area (Å²) in [6, 6.07) is 13.3. The highest BCUT2D eigenvalue weighted by molar-refractivity contribution is 7.22. The number of thiazole rings is 1. The Hall–Kier alpha value is -3.32. The molecule has 4 aromatic rings. The number of amides is 2. The number of aromatic nitrogens is 2. The van der Waals surface area contributed by atoms with Gasteiger partial charge in [-0.2, -0.15) is 0 Å². The van der Waals surface area contributed by atoms with Crippen LogP contribution in [0.4, 0.5) is 10.8 Å². The fourth-order valence-electron chi connectivity index (χ4n) is 2.89. The number of nitrogens with zero attached hydrogens (tertiary/aromatic N) is 2. The Kier molecular flexibility index (Phi) is 4.52. The van der Waals surface area contributed by atoms with E-state index < -0.39 is 0 Å². The molecule has 0 atom stereocenters. The van der Waals surface area contributed by atoms with E-state index >= 15 is 0 Å². The number of hydrogen-bond donors (Lipinski definition) is 2. The lowest BCUT2D eigenvalue weighted by molar-refractivity contribution is -0.116. The van der Waals surface area contributed by atoms with Crippen molar-refractivity contribution in [2.75, 3.05) is 10.6 Å². The van der Waals surface area contributed by atoms with Crippen molar-refractivity contribution in [2.24, 2.45) is 0 Å². The number of rotatable bonds is 4. The monoisotopic (exact) mass is 376 g/mol. The minimum absolute atomic E-state index is 0.0924. The summed E-state index contributed by atoms with van der Waals surface area (Å²) in [5, 5.41) is 8.16. The van der Waals surface area contributed by atoms with Crippen LogP contribution in [0.25, 0.3) is 21.0 Å². The highest BCUT2D eigenvalue weighted by Gasteiger charge is 2.10. The number of carbonyl (C=O) groups is 2. The molecule has 0 saturated heterocycles. The molecule has 134 valence electrons. The van der Waals surface area contributed by atoms with E-state index in [2.05, 4.69) is 20.6 Å². The van der Waals surface area contributed by atoms with Crippen molar-refractivity contribution >= 4 is 55.0 Å². The predicted molar refractivity (Wildman–Crippen MR) is 108 cm³/mol. The summed E-state index contributed by atoms with van der Waals surface area (Å²) in [6.45, 7) is 1.45. The molecule has 6 nitrogen and oxygen atoms in total. The first-order chi connectivity index (χ1) is 13.1. The number of carbonyl (C=O) groups excluding carboxylic acids is 2. The number of fused-ring (bicyclic) bond motifs is 2. The minimum atomic E-state index is -0.154. The van der Waals surface area contributed by atoms with Crippen LogP contribution in [0.3, 0.4) is 0 Å². The van der Waals surface area contributed by atoms with Crippen molar-refractivity contribution in [1.82, 2.24) is 9.97 Å². The molecule has 0 radical (unpaired) electrons. The zero-order chi connectivity index (χ0) is 18.8. The number of hydrogen-bond acceptors (Lipinski definition) is 5. The second-order valence-electron chi connectivity index (χ2n) is 6.13. The summed E-state index contributed by atoms with van der Waals surface area (Å²) >= 11 is 1.39. The fraction of sp³-hybridized carbons (Fsp3) is 0.100. The molecule has 0 aliphatic heterocycles.